The van der Waals surface area contributed by atoms with Crippen LogP contribution < -0.4 is 4.90 Å². The van der Waals surface area contributed by atoms with Gasteiger partial charge in [-0.25, -0.2) is 0 Å². The van der Waals surface area contributed by atoms with Gasteiger partial charge in [0.2, 0.25) is 0 Å². The Morgan fingerprint density at radius 3 is 2.69 bits per heavy atom. The molecule has 0 spiro atoms. The minimum atomic E-state index is 0.384. The molecular formula is C13H15BrN2. The maximum Gasteiger partial charge on any atom is 0.0992 e. The first kappa shape index (κ1) is 11.5. The quantitative estimate of drug-likeness (QED) is 0.786. The molecule has 0 bridgehead atoms. The fourth-order valence-corrected chi connectivity index (χ4v) is 2.64. The number of halogens is 1. The van der Waals surface area contributed by atoms with E-state index in [0.29, 0.717) is 11.0 Å². The van der Waals surface area contributed by atoms with Crippen molar-refractivity contribution in [2.45, 2.75) is 20.3 Å². The first-order valence-corrected chi connectivity index (χ1v) is 6.25. The summed E-state index contributed by atoms with van der Waals surface area (Å²) in [5, 5.41) is 8.94. The normalized spacial score (nSPS) is 18.5. The van der Waals surface area contributed by atoms with Gasteiger partial charge in [0.1, 0.15) is 0 Å². The van der Waals surface area contributed by atoms with Crippen molar-refractivity contribution in [2.75, 3.05) is 18.0 Å². The molecule has 3 heteroatoms. The third-order valence-electron chi connectivity index (χ3n) is 3.05. The molecule has 0 saturated carbocycles. The van der Waals surface area contributed by atoms with Crippen molar-refractivity contribution in [3.8, 4) is 6.07 Å². The number of anilines is 1. The van der Waals surface area contributed by atoms with Crippen LogP contribution in [0.25, 0.3) is 0 Å². The molecule has 0 radical (unpaired) electrons. The van der Waals surface area contributed by atoms with Gasteiger partial charge in [-0.2, -0.15) is 5.26 Å². The molecule has 1 saturated heterocycles. The predicted octanol–water partition coefficient (Wildman–Crippen LogP) is 3.56. The average molecular weight is 279 g/mol. The molecule has 0 amide bonds. The Morgan fingerprint density at radius 2 is 2.12 bits per heavy atom. The molecule has 1 aromatic rings. The minimum absolute atomic E-state index is 0.384. The van der Waals surface area contributed by atoms with Crippen molar-refractivity contribution in [3.05, 3.63) is 28.2 Å². The highest BCUT2D eigenvalue weighted by Crippen LogP contribution is 2.33. The van der Waals surface area contributed by atoms with Gasteiger partial charge in [0.15, 0.2) is 0 Å². The number of benzene rings is 1. The summed E-state index contributed by atoms with van der Waals surface area (Å²) in [4.78, 5) is 2.35. The second-order valence-electron chi connectivity index (χ2n) is 5.15. The number of nitriles is 1. The van der Waals surface area contributed by atoms with Crippen LogP contribution in [0.2, 0.25) is 0 Å². The van der Waals surface area contributed by atoms with E-state index in [1.165, 1.54) is 6.42 Å². The van der Waals surface area contributed by atoms with Gasteiger partial charge < -0.3 is 4.90 Å². The number of hydrogen-bond donors (Lipinski definition) is 0. The largest absolute Gasteiger partial charge is 0.371 e. The maximum atomic E-state index is 8.94. The van der Waals surface area contributed by atoms with Crippen LogP contribution in [-0.4, -0.2) is 13.1 Å². The molecule has 1 heterocycles. The van der Waals surface area contributed by atoms with E-state index in [1.54, 1.807) is 0 Å². The van der Waals surface area contributed by atoms with E-state index >= 15 is 0 Å². The van der Waals surface area contributed by atoms with E-state index in [9.17, 15) is 0 Å². The minimum Gasteiger partial charge on any atom is -0.371 e. The lowest BCUT2D eigenvalue weighted by molar-refractivity contribution is 0.418. The molecule has 0 aromatic heterocycles. The van der Waals surface area contributed by atoms with Gasteiger partial charge >= 0.3 is 0 Å². The summed E-state index contributed by atoms with van der Waals surface area (Å²) in [6.07, 6.45) is 1.21. The average Bonchev–Trinajstić information content (AvgIpc) is 2.58. The van der Waals surface area contributed by atoms with E-state index in [0.717, 1.165) is 23.2 Å². The molecule has 0 aliphatic carbocycles. The van der Waals surface area contributed by atoms with Gasteiger partial charge in [-0.05, 0) is 30.0 Å². The standard InChI is InChI=1S/C13H15BrN2/c1-13(2)3-4-16(9-13)12-6-10(8-15)5-11(14)7-12/h5-7H,3-4,9H2,1-2H3. The summed E-state index contributed by atoms with van der Waals surface area (Å²) in [7, 11) is 0. The second kappa shape index (κ2) is 4.10. The van der Waals surface area contributed by atoms with Crippen LogP contribution >= 0.6 is 15.9 Å². The van der Waals surface area contributed by atoms with Crippen LogP contribution in [0.15, 0.2) is 22.7 Å². The van der Waals surface area contributed by atoms with Crippen LogP contribution in [0.1, 0.15) is 25.8 Å². The summed E-state index contributed by atoms with van der Waals surface area (Å²) in [5.41, 5.74) is 2.25. The Balaban J connectivity index is 2.29. The molecule has 1 aromatic carbocycles. The first-order chi connectivity index (χ1) is 7.50. The Kier molecular flexibility index (Phi) is 2.94. The lowest BCUT2D eigenvalue weighted by Crippen LogP contribution is -2.22. The van der Waals surface area contributed by atoms with E-state index in [4.69, 9.17) is 5.26 Å². The SMILES string of the molecule is CC1(C)CCN(c2cc(Br)cc(C#N)c2)C1. The molecule has 0 N–H and O–H groups in total. The third-order valence-corrected chi connectivity index (χ3v) is 3.51. The van der Waals surface area contributed by atoms with Gasteiger partial charge in [0.05, 0.1) is 11.6 Å². The monoisotopic (exact) mass is 278 g/mol. The zero-order valence-corrected chi connectivity index (χ0v) is 11.2. The first-order valence-electron chi connectivity index (χ1n) is 5.46. The van der Waals surface area contributed by atoms with Crippen LogP contribution in [0.5, 0.6) is 0 Å². The molecule has 2 nitrogen and oxygen atoms in total. The van der Waals surface area contributed by atoms with E-state index < -0.39 is 0 Å². The molecule has 1 aliphatic rings. The topological polar surface area (TPSA) is 27.0 Å². The van der Waals surface area contributed by atoms with Crippen LogP contribution in [-0.2, 0) is 0 Å². The highest BCUT2D eigenvalue weighted by Gasteiger charge is 2.29. The third kappa shape index (κ3) is 2.38. The molecule has 16 heavy (non-hydrogen) atoms. The molecule has 0 unspecified atom stereocenters. The van der Waals surface area contributed by atoms with Crippen molar-refractivity contribution >= 4 is 21.6 Å². The van der Waals surface area contributed by atoms with E-state index in [1.807, 2.05) is 12.1 Å². The number of rotatable bonds is 1. The van der Waals surface area contributed by atoms with Crippen molar-refractivity contribution in [2.24, 2.45) is 5.41 Å². The van der Waals surface area contributed by atoms with E-state index in [2.05, 4.69) is 46.8 Å². The van der Waals surface area contributed by atoms with Crippen LogP contribution in [0.3, 0.4) is 0 Å². The lowest BCUT2D eigenvalue weighted by atomic mass is 9.93. The Hall–Kier alpha value is -1.01. The highest BCUT2D eigenvalue weighted by atomic mass is 79.9. The maximum absolute atomic E-state index is 8.94. The number of hydrogen-bond acceptors (Lipinski definition) is 2. The fourth-order valence-electron chi connectivity index (χ4n) is 2.15. The summed E-state index contributed by atoms with van der Waals surface area (Å²) < 4.78 is 0.978. The Morgan fingerprint density at radius 1 is 1.38 bits per heavy atom. The summed E-state index contributed by atoms with van der Waals surface area (Å²) >= 11 is 3.45. The summed E-state index contributed by atoms with van der Waals surface area (Å²) in [5.74, 6) is 0. The Bertz CT molecular complexity index is 446. The van der Waals surface area contributed by atoms with Crippen LogP contribution in [0, 0.1) is 16.7 Å². The van der Waals surface area contributed by atoms with Gasteiger partial charge in [-0.3, -0.25) is 0 Å². The fraction of sp³-hybridized carbons (Fsp3) is 0.462. The predicted molar refractivity (Wildman–Crippen MR) is 69.5 cm³/mol. The molecule has 1 fully saturated rings. The Labute approximate surface area is 105 Å². The zero-order chi connectivity index (χ0) is 11.8. The highest BCUT2D eigenvalue weighted by molar-refractivity contribution is 9.10. The van der Waals surface area contributed by atoms with Gasteiger partial charge in [0.25, 0.3) is 0 Å². The van der Waals surface area contributed by atoms with E-state index in [-0.39, 0.29) is 0 Å². The van der Waals surface area contributed by atoms with Gasteiger partial charge in [0, 0.05) is 23.2 Å². The smallest absolute Gasteiger partial charge is 0.0992 e. The van der Waals surface area contributed by atoms with Gasteiger partial charge in [-0.1, -0.05) is 29.8 Å². The number of nitrogens with zero attached hydrogens (tertiary/aromatic N) is 2. The van der Waals surface area contributed by atoms with Crippen LogP contribution in [0.4, 0.5) is 5.69 Å². The molecular weight excluding hydrogens is 264 g/mol. The summed E-state index contributed by atoms with van der Waals surface area (Å²) in [6, 6.07) is 8.10. The second-order valence-corrected chi connectivity index (χ2v) is 6.06. The van der Waals surface area contributed by atoms with Crippen molar-refractivity contribution in [1.82, 2.24) is 0 Å². The zero-order valence-electron chi connectivity index (χ0n) is 9.63. The van der Waals surface area contributed by atoms with Crippen molar-refractivity contribution < 1.29 is 0 Å². The molecule has 2 rings (SSSR count). The lowest BCUT2D eigenvalue weighted by Gasteiger charge is -2.22. The molecule has 1 aliphatic heterocycles. The summed E-state index contributed by atoms with van der Waals surface area (Å²) in [6.45, 7) is 6.72. The molecule has 84 valence electrons. The van der Waals surface area contributed by atoms with Crippen molar-refractivity contribution in [3.63, 3.8) is 0 Å². The van der Waals surface area contributed by atoms with Crippen molar-refractivity contribution in [1.29, 1.82) is 5.26 Å². The molecule has 0 atom stereocenters. The van der Waals surface area contributed by atoms with Gasteiger partial charge in [-0.15, -0.1) is 0 Å².